The van der Waals surface area contributed by atoms with Crippen LogP contribution >= 0.6 is 11.8 Å². The van der Waals surface area contributed by atoms with E-state index in [1.165, 1.54) is 10.6 Å². The Morgan fingerprint density at radius 3 is 2.82 bits per heavy atom. The van der Waals surface area contributed by atoms with E-state index in [0.29, 0.717) is 18.0 Å². The third kappa shape index (κ3) is 4.87. The van der Waals surface area contributed by atoms with Crippen LogP contribution in [0.4, 0.5) is 0 Å². The Morgan fingerprint density at radius 1 is 1.15 bits per heavy atom. The molecule has 1 saturated heterocycles. The smallest absolute Gasteiger partial charge is 0.270 e. The molecule has 3 aromatic heterocycles. The minimum atomic E-state index is -0.501. The number of carbonyl (C=O) groups excluding carboxylic acids is 1. The average Bonchev–Trinajstić information content (AvgIpc) is 3.52. The maximum atomic E-state index is 12.8. The summed E-state index contributed by atoms with van der Waals surface area (Å²) in [6, 6.07) is 15.2. The van der Waals surface area contributed by atoms with Crippen LogP contribution < -0.4 is 10.9 Å². The molecule has 0 bridgehead atoms. The molecule has 0 unspecified atom stereocenters. The van der Waals surface area contributed by atoms with E-state index in [-0.39, 0.29) is 18.2 Å². The number of rotatable bonds is 8. The van der Waals surface area contributed by atoms with Gasteiger partial charge in [-0.15, -0.1) is 10.2 Å². The Kier molecular flexibility index (Phi) is 6.68. The molecular weight excluding hydrogens is 452 g/mol. The highest BCUT2D eigenvalue weighted by Gasteiger charge is 2.20. The zero-order valence-electron chi connectivity index (χ0n) is 18.5. The molecule has 9 nitrogen and oxygen atoms in total. The van der Waals surface area contributed by atoms with Gasteiger partial charge in [-0.2, -0.15) is 0 Å². The van der Waals surface area contributed by atoms with Gasteiger partial charge in [0.05, 0.1) is 19.2 Å². The highest BCUT2D eigenvalue weighted by Crippen LogP contribution is 2.24. The molecule has 0 radical (unpaired) electrons. The second-order valence-corrected chi connectivity index (χ2v) is 8.99. The lowest BCUT2D eigenvalue weighted by molar-refractivity contribution is 0.0947. The van der Waals surface area contributed by atoms with Gasteiger partial charge in [-0.1, -0.05) is 48.2 Å². The predicted octanol–water partition coefficient (Wildman–Crippen LogP) is 2.54. The predicted molar refractivity (Wildman–Crippen MR) is 128 cm³/mol. The number of aromatic nitrogens is 5. The van der Waals surface area contributed by atoms with E-state index in [2.05, 4.69) is 20.5 Å². The highest BCUT2D eigenvalue weighted by molar-refractivity contribution is 7.99. The van der Waals surface area contributed by atoms with Crippen molar-refractivity contribution < 1.29 is 9.53 Å². The second kappa shape index (κ2) is 10.2. The van der Waals surface area contributed by atoms with Gasteiger partial charge in [0.1, 0.15) is 11.2 Å². The van der Waals surface area contributed by atoms with Crippen LogP contribution in [0.25, 0.3) is 5.65 Å². The van der Waals surface area contributed by atoms with Crippen molar-refractivity contribution in [2.45, 2.75) is 37.2 Å². The van der Waals surface area contributed by atoms with Crippen molar-refractivity contribution in [1.29, 1.82) is 0 Å². The monoisotopic (exact) mass is 476 g/mol. The van der Waals surface area contributed by atoms with Gasteiger partial charge in [0, 0.05) is 24.8 Å². The van der Waals surface area contributed by atoms with Crippen LogP contribution in [0.3, 0.4) is 0 Å². The molecule has 1 aliphatic rings. The first-order chi connectivity index (χ1) is 16.7. The molecule has 10 heteroatoms. The van der Waals surface area contributed by atoms with Crippen LogP contribution in [0.2, 0.25) is 0 Å². The molecular formula is C24H24N6O3S. The van der Waals surface area contributed by atoms with Crippen molar-refractivity contribution in [2.24, 2.45) is 0 Å². The number of fused-ring (bicyclic) bond motifs is 1. The molecule has 0 saturated carbocycles. The molecule has 5 rings (SSSR count). The lowest BCUT2D eigenvalue weighted by atomic mass is 10.2. The average molecular weight is 477 g/mol. The lowest BCUT2D eigenvalue weighted by Gasteiger charge is -2.12. The summed E-state index contributed by atoms with van der Waals surface area (Å²) in [4.78, 5) is 29.7. The standard InChI is InChI=1S/C24H24N6O3S/c31-22(19-13-25-20-10-4-5-11-29(20)23(19)32)26-14-21-27-28-24(34-16-18-9-6-12-33-18)30(21)15-17-7-2-1-3-8-17/h1-5,7-8,10-11,13,18H,6,9,12,14-16H2,(H,26,31)/t18-/m0/s1. The zero-order valence-corrected chi connectivity index (χ0v) is 19.3. The van der Waals surface area contributed by atoms with E-state index in [4.69, 9.17) is 4.74 Å². The minimum Gasteiger partial charge on any atom is -0.377 e. The molecule has 1 atom stereocenters. The van der Waals surface area contributed by atoms with Crippen LogP contribution in [0.1, 0.15) is 34.6 Å². The first-order valence-electron chi connectivity index (χ1n) is 11.1. The molecule has 1 fully saturated rings. The number of ether oxygens (including phenoxy) is 1. The number of thioether (sulfide) groups is 1. The number of pyridine rings is 1. The van der Waals surface area contributed by atoms with Gasteiger partial charge in [-0.3, -0.25) is 14.0 Å². The second-order valence-electron chi connectivity index (χ2n) is 8.01. The van der Waals surface area contributed by atoms with Gasteiger partial charge in [-0.25, -0.2) is 4.98 Å². The molecule has 1 amide bonds. The Labute approximate surface area is 200 Å². The zero-order chi connectivity index (χ0) is 23.3. The van der Waals surface area contributed by atoms with Crippen LogP contribution in [-0.4, -0.2) is 48.5 Å². The molecule has 34 heavy (non-hydrogen) atoms. The summed E-state index contributed by atoms with van der Waals surface area (Å²) < 4.78 is 9.09. The van der Waals surface area contributed by atoms with E-state index < -0.39 is 11.5 Å². The fraction of sp³-hybridized carbons (Fsp3) is 0.292. The molecule has 0 aliphatic carbocycles. The summed E-state index contributed by atoms with van der Waals surface area (Å²) in [5.74, 6) is 0.915. The number of nitrogens with one attached hydrogen (secondary N) is 1. The Balaban J connectivity index is 1.34. The summed E-state index contributed by atoms with van der Waals surface area (Å²) >= 11 is 1.61. The molecule has 1 aromatic carbocycles. The quantitative estimate of drug-likeness (QED) is 0.390. The van der Waals surface area contributed by atoms with Crippen LogP contribution in [0, 0.1) is 0 Å². The van der Waals surface area contributed by atoms with Crippen molar-refractivity contribution in [2.75, 3.05) is 12.4 Å². The van der Waals surface area contributed by atoms with Crippen molar-refractivity contribution in [3.8, 4) is 0 Å². The summed E-state index contributed by atoms with van der Waals surface area (Å²) in [6.45, 7) is 1.52. The summed E-state index contributed by atoms with van der Waals surface area (Å²) in [5.41, 5.74) is 1.15. The van der Waals surface area contributed by atoms with Crippen LogP contribution in [-0.2, 0) is 17.8 Å². The Morgan fingerprint density at radius 2 is 2.00 bits per heavy atom. The van der Waals surface area contributed by atoms with E-state index in [9.17, 15) is 9.59 Å². The van der Waals surface area contributed by atoms with Gasteiger partial charge in [0.25, 0.3) is 11.5 Å². The lowest BCUT2D eigenvalue weighted by Crippen LogP contribution is -2.32. The maximum absolute atomic E-state index is 12.8. The van der Waals surface area contributed by atoms with E-state index in [0.717, 1.165) is 35.9 Å². The van der Waals surface area contributed by atoms with Crippen molar-refractivity contribution in [1.82, 2.24) is 29.5 Å². The SMILES string of the molecule is O=C(NCc1nnc(SC[C@@H]2CCCO2)n1Cc1ccccc1)c1cnc2ccccn2c1=O. The van der Waals surface area contributed by atoms with Crippen molar-refractivity contribution >= 4 is 23.3 Å². The maximum Gasteiger partial charge on any atom is 0.270 e. The normalized spacial score (nSPS) is 15.6. The van der Waals surface area contributed by atoms with Gasteiger partial charge in [-0.05, 0) is 30.5 Å². The molecule has 1 aliphatic heterocycles. The van der Waals surface area contributed by atoms with Crippen LogP contribution in [0.5, 0.6) is 0 Å². The number of hydrogen-bond acceptors (Lipinski definition) is 7. The first kappa shape index (κ1) is 22.3. The Bertz CT molecular complexity index is 1350. The number of carbonyl (C=O) groups is 1. The Hall–Kier alpha value is -3.50. The summed E-state index contributed by atoms with van der Waals surface area (Å²) in [5, 5.41) is 12.3. The molecule has 1 N–H and O–H groups in total. The molecule has 4 aromatic rings. The summed E-state index contributed by atoms with van der Waals surface area (Å²) in [6.07, 6.45) is 5.27. The summed E-state index contributed by atoms with van der Waals surface area (Å²) in [7, 11) is 0. The fourth-order valence-electron chi connectivity index (χ4n) is 3.86. The minimum absolute atomic E-state index is 0.0224. The molecule has 4 heterocycles. The third-order valence-electron chi connectivity index (χ3n) is 5.66. The van der Waals surface area contributed by atoms with E-state index in [1.54, 1.807) is 36.2 Å². The number of amides is 1. The number of benzene rings is 1. The van der Waals surface area contributed by atoms with Gasteiger partial charge in [0.2, 0.25) is 0 Å². The third-order valence-corrected chi connectivity index (χ3v) is 6.76. The van der Waals surface area contributed by atoms with Crippen LogP contribution in [0.15, 0.2) is 70.9 Å². The topological polar surface area (TPSA) is 103 Å². The number of hydrogen-bond donors (Lipinski definition) is 1. The van der Waals surface area contributed by atoms with Gasteiger partial charge >= 0.3 is 0 Å². The van der Waals surface area contributed by atoms with Crippen molar-refractivity contribution in [3.63, 3.8) is 0 Å². The fourth-order valence-corrected chi connectivity index (χ4v) is 4.88. The first-order valence-corrected chi connectivity index (χ1v) is 12.1. The van der Waals surface area contributed by atoms with E-state index >= 15 is 0 Å². The number of nitrogens with zero attached hydrogens (tertiary/aromatic N) is 5. The molecule has 0 spiro atoms. The van der Waals surface area contributed by atoms with E-state index in [1.807, 2.05) is 34.9 Å². The molecule has 174 valence electrons. The van der Waals surface area contributed by atoms with Gasteiger partial charge in [0.15, 0.2) is 11.0 Å². The highest BCUT2D eigenvalue weighted by atomic mass is 32.2. The van der Waals surface area contributed by atoms with Crippen molar-refractivity contribution in [3.05, 3.63) is 88.2 Å². The van der Waals surface area contributed by atoms with Gasteiger partial charge < -0.3 is 14.6 Å². The largest absolute Gasteiger partial charge is 0.377 e.